The minimum absolute atomic E-state index is 0.0811. The van der Waals surface area contributed by atoms with E-state index in [1.165, 1.54) is 24.5 Å². The summed E-state index contributed by atoms with van der Waals surface area (Å²) >= 11 is 1.37. The lowest BCUT2D eigenvalue weighted by Crippen LogP contribution is -2.51. The fourth-order valence-electron chi connectivity index (χ4n) is 4.08. The molecule has 5 heterocycles. The van der Waals surface area contributed by atoms with Gasteiger partial charge in [0.15, 0.2) is 5.01 Å². The summed E-state index contributed by atoms with van der Waals surface area (Å²) in [5.41, 5.74) is 3.16. The highest BCUT2D eigenvalue weighted by Crippen LogP contribution is 2.37. The van der Waals surface area contributed by atoms with Crippen molar-refractivity contribution in [1.29, 1.82) is 5.26 Å². The van der Waals surface area contributed by atoms with Crippen LogP contribution in [0.3, 0.4) is 0 Å². The van der Waals surface area contributed by atoms with Crippen molar-refractivity contribution in [3.8, 4) is 28.0 Å². The molecule has 1 saturated heterocycles. The van der Waals surface area contributed by atoms with Crippen LogP contribution in [0.2, 0.25) is 0 Å². The maximum atomic E-state index is 14.4. The van der Waals surface area contributed by atoms with Gasteiger partial charge in [-0.15, -0.1) is 10.2 Å². The monoisotopic (exact) mass is 492 g/mol. The van der Waals surface area contributed by atoms with Gasteiger partial charge in [0.2, 0.25) is 5.13 Å². The number of aromatic nitrogens is 5. The summed E-state index contributed by atoms with van der Waals surface area (Å²) in [7, 11) is 0. The Balaban J connectivity index is 1.49. The van der Waals surface area contributed by atoms with Gasteiger partial charge in [-0.3, -0.25) is 4.98 Å². The van der Waals surface area contributed by atoms with Gasteiger partial charge in [0.25, 0.3) is 0 Å². The average Bonchev–Trinajstić information content (AvgIpc) is 3.47. The van der Waals surface area contributed by atoms with E-state index < -0.39 is 11.8 Å². The quantitative estimate of drug-likeness (QED) is 0.431. The van der Waals surface area contributed by atoms with Crippen LogP contribution >= 0.6 is 11.3 Å². The highest BCUT2D eigenvalue weighted by Gasteiger charge is 2.38. The minimum atomic E-state index is -1.35. The predicted octanol–water partition coefficient (Wildman–Crippen LogP) is 3.91. The smallest absolute Gasteiger partial charge is 0.208 e. The number of nitriles is 1. The van der Waals surface area contributed by atoms with Crippen LogP contribution in [0.15, 0.2) is 36.7 Å². The second-order valence-corrected chi connectivity index (χ2v) is 10.2. The van der Waals surface area contributed by atoms with Crippen LogP contribution in [0, 0.1) is 11.3 Å². The first-order chi connectivity index (χ1) is 16.7. The van der Waals surface area contributed by atoms with E-state index in [9.17, 15) is 9.50 Å². The first-order valence-electron chi connectivity index (χ1n) is 11.4. The van der Waals surface area contributed by atoms with Gasteiger partial charge in [-0.05, 0) is 51.5 Å². The Morgan fingerprint density at radius 2 is 2.11 bits per heavy atom. The molecule has 0 amide bonds. The normalized spacial score (nSPS) is 20.4. The van der Waals surface area contributed by atoms with Gasteiger partial charge < -0.3 is 15.3 Å². The minimum Gasteiger partial charge on any atom is -0.387 e. The molecule has 0 radical (unpaired) electrons. The number of fused-ring (bicyclic) bond motifs is 1. The first-order valence-corrected chi connectivity index (χ1v) is 12.2. The van der Waals surface area contributed by atoms with Gasteiger partial charge in [-0.25, -0.2) is 8.91 Å². The molecular weight excluding hydrogens is 467 g/mol. The number of rotatable bonds is 5. The number of nitrogens with zero attached hydrogens (tertiary/aromatic N) is 7. The molecule has 180 valence electrons. The molecule has 9 nitrogen and oxygen atoms in total. The van der Waals surface area contributed by atoms with Crippen LogP contribution in [0.1, 0.15) is 32.8 Å². The van der Waals surface area contributed by atoms with Crippen molar-refractivity contribution in [2.45, 2.75) is 45.0 Å². The molecular formula is C24H25FN8OS. The summed E-state index contributed by atoms with van der Waals surface area (Å²) in [5, 5.41) is 37.1. The fraction of sp³-hybridized carbons (Fsp3) is 0.375. The molecule has 5 rings (SSSR count). The highest BCUT2D eigenvalue weighted by atomic mass is 32.1. The van der Waals surface area contributed by atoms with Gasteiger partial charge in [-0.2, -0.15) is 10.4 Å². The Hall–Kier alpha value is -3.62. The Bertz CT molecular complexity index is 1420. The lowest BCUT2D eigenvalue weighted by atomic mass is 9.92. The molecule has 4 aromatic rings. The second-order valence-electron chi connectivity index (χ2n) is 9.24. The Kier molecular flexibility index (Phi) is 5.86. The largest absolute Gasteiger partial charge is 0.387 e. The first kappa shape index (κ1) is 23.1. The Labute approximate surface area is 205 Å². The van der Waals surface area contributed by atoms with Crippen molar-refractivity contribution in [3.05, 3.63) is 42.2 Å². The van der Waals surface area contributed by atoms with Crippen molar-refractivity contribution >= 4 is 27.7 Å². The Morgan fingerprint density at radius 3 is 2.86 bits per heavy atom. The number of pyridine rings is 1. The lowest BCUT2D eigenvalue weighted by Gasteiger charge is -2.38. The molecule has 0 spiro atoms. The van der Waals surface area contributed by atoms with Gasteiger partial charge in [0.05, 0.1) is 46.4 Å². The van der Waals surface area contributed by atoms with Crippen LogP contribution in [-0.4, -0.2) is 60.8 Å². The third kappa shape index (κ3) is 4.42. The van der Waals surface area contributed by atoms with Crippen molar-refractivity contribution in [2.24, 2.45) is 0 Å². The number of nitrogens with one attached hydrogen (secondary N) is 1. The number of alkyl halides is 1. The van der Waals surface area contributed by atoms with Crippen molar-refractivity contribution in [3.63, 3.8) is 0 Å². The molecule has 2 atom stereocenters. The molecule has 2 N–H and O–H groups in total. The van der Waals surface area contributed by atoms with Crippen molar-refractivity contribution < 1.29 is 9.50 Å². The molecule has 1 aliphatic rings. The summed E-state index contributed by atoms with van der Waals surface area (Å²) in [6, 6.07) is 9.83. The molecule has 1 aliphatic heterocycles. The number of halogens is 1. The number of hydrogen-bond donors (Lipinski definition) is 2. The lowest BCUT2D eigenvalue weighted by molar-refractivity contribution is -0.0330. The van der Waals surface area contributed by atoms with E-state index in [-0.39, 0.29) is 12.6 Å². The summed E-state index contributed by atoms with van der Waals surface area (Å²) < 4.78 is 16.1. The molecule has 35 heavy (non-hydrogen) atoms. The van der Waals surface area contributed by atoms with Gasteiger partial charge in [-0.1, -0.05) is 11.3 Å². The van der Waals surface area contributed by atoms with Crippen LogP contribution in [-0.2, 0) is 0 Å². The molecule has 0 aliphatic carbocycles. The van der Waals surface area contributed by atoms with Crippen molar-refractivity contribution in [1.82, 2.24) is 24.8 Å². The summed E-state index contributed by atoms with van der Waals surface area (Å²) in [6.07, 6.45) is 2.27. The maximum Gasteiger partial charge on any atom is 0.208 e. The van der Waals surface area contributed by atoms with E-state index in [0.29, 0.717) is 28.7 Å². The van der Waals surface area contributed by atoms with Crippen molar-refractivity contribution in [2.75, 3.05) is 23.3 Å². The zero-order valence-corrected chi connectivity index (χ0v) is 20.4. The van der Waals surface area contributed by atoms with E-state index in [1.54, 1.807) is 16.8 Å². The van der Waals surface area contributed by atoms with Gasteiger partial charge in [0.1, 0.15) is 12.2 Å². The molecule has 0 saturated carbocycles. The summed E-state index contributed by atoms with van der Waals surface area (Å²) in [6.45, 7) is 6.22. The van der Waals surface area contributed by atoms with Crippen LogP contribution < -0.4 is 10.2 Å². The van der Waals surface area contributed by atoms with Crippen LogP contribution in [0.5, 0.6) is 0 Å². The van der Waals surface area contributed by atoms with E-state index in [2.05, 4.69) is 31.7 Å². The van der Waals surface area contributed by atoms with Gasteiger partial charge in [0, 0.05) is 24.5 Å². The predicted molar refractivity (Wildman–Crippen MR) is 133 cm³/mol. The second kappa shape index (κ2) is 8.87. The summed E-state index contributed by atoms with van der Waals surface area (Å²) in [4.78, 5) is 6.51. The highest BCUT2D eigenvalue weighted by molar-refractivity contribution is 7.18. The van der Waals surface area contributed by atoms with E-state index in [1.807, 2.05) is 36.9 Å². The van der Waals surface area contributed by atoms with Crippen LogP contribution in [0.4, 0.5) is 15.2 Å². The molecule has 1 fully saturated rings. The molecule has 11 heteroatoms. The zero-order valence-electron chi connectivity index (χ0n) is 19.6. The number of piperidine rings is 1. The van der Waals surface area contributed by atoms with E-state index >= 15 is 0 Å². The zero-order chi connectivity index (χ0) is 24.7. The number of aliphatic hydroxyl groups is 1. The van der Waals surface area contributed by atoms with E-state index in [0.717, 1.165) is 28.2 Å². The third-order valence-corrected chi connectivity index (χ3v) is 7.12. The molecule has 4 aromatic heterocycles. The molecule has 0 bridgehead atoms. The number of anilines is 2. The topological polar surface area (TPSA) is 115 Å². The van der Waals surface area contributed by atoms with Crippen LogP contribution in [0.25, 0.3) is 27.5 Å². The average molecular weight is 493 g/mol. The van der Waals surface area contributed by atoms with Gasteiger partial charge >= 0.3 is 0 Å². The summed E-state index contributed by atoms with van der Waals surface area (Å²) in [5.74, 6) is 0. The fourth-order valence-corrected chi connectivity index (χ4v) is 4.98. The SMILES string of the molecule is CC(C)Nc1cc(-c2ccc3cc(C#N)cnn23)ncc1-c1nnc(N2CC[C@@](C)(O)[C@@H](F)C2)s1. The maximum absolute atomic E-state index is 14.4. The molecule has 0 unspecified atom stereocenters. The molecule has 0 aromatic carbocycles. The number of hydrogen-bond acceptors (Lipinski definition) is 9. The third-order valence-electron chi connectivity index (χ3n) is 6.10. The standard InChI is InChI=1S/C24H25FN8OS/c1-14(2)29-18-9-19(20-5-4-16-8-15(10-26)11-28-33(16)20)27-12-17(18)22-30-31-23(35-22)32-7-6-24(3,34)21(25)13-32/h4-5,8-9,11-12,14,21,34H,6-7,13H2,1-3H3,(H,27,29)/t21-,24+/m0/s1. The Morgan fingerprint density at radius 1 is 1.29 bits per heavy atom. The van der Waals surface area contributed by atoms with E-state index in [4.69, 9.17) is 5.26 Å².